The first-order chi connectivity index (χ1) is 8.83. The minimum absolute atomic E-state index is 0.853. The molecule has 0 fully saturated rings. The Labute approximate surface area is 108 Å². The highest BCUT2D eigenvalue weighted by atomic mass is 16.5. The number of aliphatic imine (C=N–C) groups is 1. The van der Waals surface area contributed by atoms with E-state index in [0.717, 1.165) is 23.6 Å². The Bertz CT molecular complexity index is 515. The average Bonchev–Trinajstić information content (AvgIpc) is 2.46. The van der Waals surface area contributed by atoms with E-state index in [-0.39, 0.29) is 0 Å². The molecule has 0 saturated heterocycles. The van der Waals surface area contributed by atoms with Gasteiger partial charge >= 0.3 is 0 Å². The molecular weight excluding hydrogens is 222 g/mol. The molecule has 0 heterocycles. The van der Waals surface area contributed by atoms with Gasteiger partial charge in [-0.15, -0.1) is 0 Å². The van der Waals surface area contributed by atoms with Gasteiger partial charge in [0.25, 0.3) is 0 Å². The summed E-state index contributed by atoms with van der Waals surface area (Å²) in [6.45, 7) is 2.12. The molecule has 0 aliphatic carbocycles. The second kappa shape index (κ2) is 6.01. The van der Waals surface area contributed by atoms with Crippen LogP contribution in [0.25, 0.3) is 0 Å². The van der Waals surface area contributed by atoms with Crippen LogP contribution >= 0.6 is 0 Å². The fourth-order valence-electron chi connectivity index (χ4n) is 1.79. The smallest absolute Gasteiger partial charge is 0.119 e. The zero-order valence-electron chi connectivity index (χ0n) is 10.8. The van der Waals surface area contributed by atoms with Crippen molar-refractivity contribution in [2.24, 2.45) is 4.99 Å². The van der Waals surface area contributed by atoms with Gasteiger partial charge in [0, 0.05) is 5.71 Å². The normalized spacial score (nSPS) is 11.3. The van der Waals surface area contributed by atoms with Crippen molar-refractivity contribution in [1.29, 1.82) is 0 Å². The fraction of sp³-hybridized carbons (Fsp3) is 0.188. The maximum absolute atomic E-state index is 5.14. The van der Waals surface area contributed by atoms with E-state index in [0.29, 0.717) is 0 Å². The molecule has 2 heteroatoms. The highest BCUT2D eigenvalue weighted by Crippen LogP contribution is 2.19. The summed E-state index contributed by atoms with van der Waals surface area (Å²) < 4.78 is 5.14. The third kappa shape index (κ3) is 2.98. The number of ether oxygens (including phenoxy) is 1. The Kier molecular flexibility index (Phi) is 4.13. The van der Waals surface area contributed by atoms with Crippen molar-refractivity contribution in [2.45, 2.75) is 13.3 Å². The van der Waals surface area contributed by atoms with Crippen LogP contribution in [0.15, 0.2) is 59.6 Å². The quantitative estimate of drug-likeness (QED) is 0.732. The number of methoxy groups -OCH3 is 1. The van der Waals surface area contributed by atoms with Crippen LogP contribution in [0.5, 0.6) is 5.75 Å². The molecular formula is C16H17NO. The van der Waals surface area contributed by atoms with Crippen LogP contribution in [-0.2, 0) is 0 Å². The Morgan fingerprint density at radius 2 is 1.67 bits per heavy atom. The molecule has 92 valence electrons. The maximum atomic E-state index is 5.14. The van der Waals surface area contributed by atoms with E-state index in [2.05, 4.69) is 24.0 Å². The van der Waals surface area contributed by atoms with Gasteiger partial charge in [-0.1, -0.05) is 37.3 Å². The molecule has 0 radical (unpaired) electrons. The summed E-state index contributed by atoms with van der Waals surface area (Å²) >= 11 is 0. The van der Waals surface area contributed by atoms with Crippen molar-refractivity contribution in [1.82, 2.24) is 0 Å². The molecule has 0 bridgehead atoms. The fourth-order valence-corrected chi connectivity index (χ4v) is 1.79. The van der Waals surface area contributed by atoms with Crippen LogP contribution in [0.4, 0.5) is 5.69 Å². The predicted molar refractivity (Wildman–Crippen MR) is 75.9 cm³/mol. The number of rotatable bonds is 4. The van der Waals surface area contributed by atoms with Gasteiger partial charge in [-0.25, -0.2) is 0 Å². The molecule has 2 aromatic carbocycles. The zero-order valence-corrected chi connectivity index (χ0v) is 10.8. The third-order valence-corrected chi connectivity index (χ3v) is 2.78. The number of hydrogen-bond acceptors (Lipinski definition) is 2. The predicted octanol–water partition coefficient (Wildman–Crippen LogP) is 4.23. The van der Waals surface area contributed by atoms with Gasteiger partial charge in [-0.3, -0.25) is 4.99 Å². The molecule has 2 rings (SSSR count). The van der Waals surface area contributed by atoms with Gasteiger partial charge in [0.2, 0.25) is 0 Å². The average molecular weight is 239 g/mol. The summed E-state index contributed by atoms with van der Waals surface area (Å²) in [4.78, 5) is 4.68. The van der Waals surface area contributed by atoms with Crippen molar-refractivity contribution in [2.75, 3.05) is 7.11 Å². The van der Waals surface area contributed by atoms with Crippen LogP contribution in [-0.4, -0.2) is 12.8 Å². The van der Waals surface area contributed by atoms with Crippen LogP contribution in [0, 0.1) is 0 Å². The lowest BCUT2D eigenvalue weighted by Crippen LogP contribution is -1.97. The van der Waals surface area contributed by atoms with Crippen molar-refractivity contribution in [3.63, 3.8) is 0 Å². The molecule has 2 nitrogen and oxygen atoms in total. The van der Waals surface area contributed by atoms with Crippen LogP contribution in [0.2, 0.25) is 0 Å². The van der Waals surface area contributed by atoms with E-state index in [1.165, 1.54) is 5.56 Å². The highest BCUT2D eigenvalue weighted by molar-refractivity contribution is 6.01. The Hall–Kier alpha value is -2.09. The SMILES string of the molecule is CCC(=Nc1ccc(OC)cc1)c1ccccc1. The largest absolute Gasteiger partial charge is 0.497 e. The zero-order chi connectivity index (χ0) is 12.8. The van der Waals surface area contributed by atoms with E-state index in [1.807, 2.05) is 42.5 Å². The Balaban J connectivity index is 2.29. The lowest BCUT2D eigenvalue weighted by atomic mass is 10.1. The minimum Gasteiger partial charge on any atom is -0.497 e. The van der Waals surface area contributed by atoms with Gasteiger partial charge < -0.3 is 4.74 Å². The molecule has 0 amide bonds. The van der Waals surface area contributed by atoms with Crippen LogP contribution in [0.3, 0.4) is 0 Å². The lowest BCUT2D eigenvalue weighted by Gasteiger charge is -2.05. The molecule has 0 aliphatic heterocycles. The Morgan fingerprint density at radius 1 is 1.00 bits per heavy atom. The summed E-state index contributed by atoms with van der Waals surface area (Å²) in [7, 11) is 1.67. The van der Waals surface area contributed by atoms with Crippen LogP contribution < -0.4 is 4.74 Å². The van der Waals surface area contributed by atoms with Crippen molar-refractivity contribution in [3.05, 3.63) is 60.2 Å². The summed E-state index contributed by atoms with van der Waals surface area (Å²) in [5, 5.41) is 0. The van der Waals surface area contributed by atoms with Gasteiger partial charge in [0.15, 0.2) is 0 Å². The second-order valence-corrected chi connectivity index (χ2v) is 3.98. The summed E-state index contributed by atoms with van der Waals surface area (Å²) in [5.74, 6) is 0.853. The van der Waals surface area contributed by atoms with Crippen LogP contribution in [0.1, 0.15) is 18.9 Å². The number of benzene rings is 2. The molecule has 0 aromatic heterocycles. The standard InChI is InChI=1S/C16H17NO/c1-3-16(13-7-5-4-6-8-13)17-14-9-11-15(18-2)12-10-14/h4-12H,3H2,1-2H3. The molecule has 2 aromatic rings. The van der Waals surface area contributed by atoms with Gasteiger partial charge in [0.05, 0.1) is 12.8 Å². The monoisotopic (exact) mass is 239 g/mol. The Morgan fingerprint density at radius 3 is 2.22 bits per heavy atom. The van der Waals surface area contributed by atoms with E-state index in [1.54, 1.807) is 7.11 Å². The molecule has 0 atom stereocenters. The molecule has 0 N–H and O–H groups in total. The molecule has 0 saturated carbocycles. The van der Waals surface area contributed by atoms with Gasteiger partial charge in [0.1, 0.15) is 5.75 Å². The highest BCUT2D eigenvalue weighted by Gasteiger charge is 2.00. The lowest BCUT2D eigenvalue weighted by molar-refractivity contribution is 0.415. The summed E-state index contributed by atoms with van der Waals surface area (Å²) in [5.41, 5.74) is 3.23. The number of nitrogens with zero attached hydrogens (tertiary/aromatic N) is 1. The molecule has 18 heavy (non-hydrogen) atoms. The summed E-state index contributed by atoms with van der Waals surface area (Å²) in [6.07, 6.45) is 0.913. The van der Waals surface area contributed by atoms with Crippen molar-refractivity contribution < 1.29 is 4.74 Å². The third-order valence-electron chi connectivity index (χ3n) is 2.78. The topological polar surface area (TPSA) is 21.6 Å². The first-order valence-corrected chi connectivity index (χ1v) is 6.10. The van der Waals surface area contributed by atoms with E-state index in [9.17, 15) is 0 Å². The minimum atomic E-state index is 0.853. The van der Waals surface area contributed by atoms with Gasteiger partial charge in [-0.2, -0.15) is 0 Å². The van der Waals surface area contributed by atoms with E-state index in [4.69, 9.17) is 4.74 Å². The van der Waals surface area contributed by atoms with Crippen molar-refractivity contribution >= 4 is 11.4 Å². The van der Waals surface area contributed by atoms with E-state index < -0.39 is 0 Å². The first-order valence-electron chi connectivity index (χ1n) is 6.10. The van der Waals surface area contributed by atoms with Crippen molar-refractivity contribution in [3.8, 4) is 5.75 Å². The molecule has 0 aliphatic rings. The maximum Gasteiger partial charge on any atom is 0.119 e. The molecule has 0 spiro atoms. The summed E-state index contributed by atoms with van der Waals surface area (Å²) in [6, 6.07) is 18.1. The number of hydrogen-bond donors (Lipinski definition) is 0. The van der Waals surface area contributed by atoms with E-state index >= 15 is 0 Å². The first kappa shape index (κ1) is 12.4. The van der Waals surface area contributed by atoms with Gasteiger partial charge in [-0.05, 0) is 36.2 Å². The molecule has 0 unspecified atom stereocenters. The second-order valence-electron chi connectivity index (χ2n) is 3.98.